The van der Waals surface area contributed by atoms with Gasteiger partial charge in [0.15, 0.2) is 5.82 Å². The molecule has 0 spiro atoms. The standard InChI is InChI=1S/C12H14ClN5/c1-7(12-15-17-18-16-12)14-11-5-8-2-3-10(13)4-9(8)6-11/h2-4,7,11,14H,5-6H2,1H3,(H,15,16,17,18). The summed E-state index contributed by atoms with van der Waals surface area (Å²) in [6.45, 7) is 2.04. The van der Waals surface area contributed by atoms with Crippen LogP contribution in [-0.2, 0) is 12.8 Å². The highest BCUT2D eigenvalue weighted by atomic mass is 35.5. The van der Waals surface area contributed by atoms with Crippen molar-refractivity contribution < 1.29 is 0 Å². The molecule has 1 aromatic heterocycles. The lowest BCUT2D eigenvalue weighted by molar-refractivity contribution is 0.453. The van der Waals surface area contributed by atoms with Gasteiger partial charge in [0, 0.05) is 11.1 Å². The molecule has 0 amide bonds. The van der Waals surface area contributed by atoms with Gasteiger partial charge >= 0.3 is 0 Å². The highest BCUT2D eigenvalue weighted by Crippen LogP contribution is 2.26. The van der Waals surface area contributed by atoms with Crippen molar-refractivity contribution in [2.75, 3.05) is 0 Å². The number of rotatable bonds is 3. The fourth-order valence-corrected chi connectivity index (χ4v) is 2.68. The Labute approximate surface area is 110 Å². The summed E-state index contributed by atoms with van der Waals surface area (Å²) in [6, 6.07) is 6.62. The minimum atomic E-state index is 0.0959. The third-order valence-electron chi connectivity index (χ3n) is 3.34. The number of H-pyrrole nitrogens is 1. The topological polar surface area (TPSA) is 66.5 Å². The van der Waals surface area contributed by atoms with Crippen LogP contribution in [0.5, 0.6) is 0 Å². The third kappa shape index (κ3) is 2.23. The molecule has 1 heterocycles. The molecular weight excluding hydrogens is 250 g/mol. The summed E-state index contributed by atoms with van der Waals surface area (Å²) in [5, 5.41) is 18.4. The van der Waals surface area contributed by atoms with Crippen molar-refractivity contribution in [2.45, 2.75) is 31.8 Å². The fourth-order valence-electron chi connectivity index (χ4n) is 2.49. The number of benzene rings is 1. The monoisotopic (exact) mass is 263 g/mol. The molecule has 3 rings (SSSR count). The molecule has 2 aromatic rings. The van der Waals surface area contributed by atoms with Crippen LogP contribution in [0, 0.1) is 0 Å². The van der Waals surface area contributed by atoms with Gasteiger partial charge in [-0.1, -0.05) is 22.9 Å². The maximum absolute atomic E-state index is 6.01. The highest BCUT2D eigenvalue weighted by molar-refractivity contribution is 6.30. The summed E-state index contributed by atoms with van der Waals surface area (Å²) >= 11 is 6.01. The number of tetrazole rings is 1. The van der Waals surface area contributed by atoms with Gasteiger partial charge in [0.1, 0.15) is 0 Å². The third-order valence-corrected chi connectivity index (χ3v) is 3.57. The quantitative estimate of drug-likeness (QED) is 0.884. The van der Waals surface area contributed by atoms with Crippen molar-refractivity contribution in [1.82, 2.24) is 25.9 Å². The second kappa shape index (κ2) is 4.66. The van der Waals surface area contributed by atoms with Crippen LogP contribution < -0.4 is 5.32 Å². The molecule has 0 aliphatic heterocycles. The Morgan fingerprint density at radius 1 is 1.39 bits per heavy atom. The zero-order valence-electron chi connectivity index (χ0n) is 10.0. The average Bonchev–Trinajstić information content (AvgIpc) is 2.95. The molecule has 0 saturated carbocycles. The molecule has 0 saturated heterocycles. The molecule has 5 nitrogen and oxygen atoms in total. The van der Waals surface area contributed by atoms with Gasteiger partial charge < -0.3 is 5.32 Å². The van der Waals surface area contributed by atoms with Crippen molar-refractivity contribution >= 4 is 11.6 Å². The molecule has 2 unspecified atom stereocenters. The van der Waals surface area contributed by atoms with E-state index in [2.05, 4.69) is 38.1 Å². The van der Waals surface area contributed by atoms with Gasteiger partial charge in [0.25, 0.3) is 0 Å². The van der Waals surface area contributed by atoms with Crippen molar-refractivity contribution in [2.24, 2.45) is 0 Å². The minimum absolute atomic E-state index is 0.0959. The molecule has 1 aliphatic carbocycles. The Hall–Kier alpha value is -1.46. The molecular formula is C12H14ClN5. The number of nitrogens with zero attached hydrogens (tertiary/aromatic N) is 3. The van der Waals surface area contributed by atoms with Crippen LogP contribution in [0.4, 0.5) is 0 Å². The van der Waals surface area contributed by atoms with Crippen molar-refractivity contribution in [3.8, 4) is 0 Å². The van der Waals surface area contributed by atoms with Crippen LogP contribution in [0.2, 0.25) is 5.02 Å². The van der Waals surface area contributed by atoms with Gasteiger partial charge in [-0.25, -0.2) is 0 Å². The first-order valence-corrected chi connectivity index (χ1v) is 6.37. The van der Waals surface area contributed by atoms with Gasteiger partial charge in [-0.2, -0.15) is 5.21 Å². The van der Waals surface area contributed by atoms with Crippen molar-refractivity contribution in [3.05, 3.63) is 40.2 Å². The number of hydrogen-bond donors (Lipinski definition) is 2. The highest BCUT2D eigenvalue weighted by Gasteiger charge is 2.24. The van der Waals surface area contributed by atoms with E-state index in [9.17, 15) is 0 Å². The van der Waals surface area contributed by atoms with E-state index in [1.165, 1.54) is 11.1 Å². The molecule has 18 heavy (non-hydrogen) atoms. The Kier molecular flexibility index (Phi) is 3.01. The molecule has 2 atom stereocenters. The lowest BCUT2D eigenvalue weighted by Gasteiger charge is -2.16. The zero-order chi connectivity index (χ0) is 12.5. The van der Waals surface area contributed by atoms with E-state index in [1.807, 2.05) is 13.0 Å². The zero-order valence-corrected chi connectivity index (χ0v) is 10.8. The van der Waals surface area contributed by atoms with Crippen LogP contribution in [0.15, 0.2) is 18.2 Å². The van der Waals surface area contributed by atoms with Gasteiger partial charge in [0.05, 0.1) is 6.04 Å². The molecule has 1 aromatic carbocycles. The predicted octanol–water partition coefficient (Wildman–Crippen LogP) is 1.67. The second-order valence-corrected chi connectivity index (χ2v) is 5.11. The van der Waals surface area contributed by atoms with Crippen LogP contribution >= 0.6 is 11.6 Å². The Bertz CT molecular complexity index is 539. The first-order chi connectivity index (χ1) is 8.72. The summed E-state index contributed by atoms with van der Waals surface area (Å²) in [6.07, 6.45) is 2.02. The van der Waals surface area contributed by atoms with Gasteiger partial charge in [-0.05, 0) is 43.0 Å². The molecule has 0 bridgehead atoms. The summed E-state index contributed by atoms with van der Waals surface area (Å²) in [5.74, 6) is 0.698. The van der Waals surface area contributed by atoms with Gasteiger partial charge in [0.2, 0.25) is 0 Å². The normalized spacial score (nSPS) is 19.8. The number of nitrogens with one attached hydrogen (secondary N) is 2. The molecule has 0 fully saturated rings. The van der Waals surface area contributed by atoms with Crippen molar-refractivity contribution in [3.63, 3.8) is 0 Å². The molecule has 6 heteroatoms. The van der Waals surface area contributed by atoms with E-state index < -0.39 is 0 Å². The van der Waals surface area contributed by atoms with Crippen molar-refractivity contribution in [1.29, 1.82) is 0 Å². The first kappa shape index (κ1) is 11.6. The fraction of sp³-hybridized carbons (Fsp3) is 0.417. The summed E-state index contributed by atoms with van der Waals surface area (Å²) in [5.41, 5.74) is 2.71. The van der Waals surface area contributed by atoms with E-state index in [4.69, 9.17) is 11.6 Å². The van der Waals surface area contributed by atoms with Crippen LogP contribution in [0.3, 0.4) is 0 Å². The first-order valence-electron chi connectivity index (χ1n) is 5.99. The summed E-state index contributed by atoms with van der Waals surface area (Å²) in [4.78, 5) is 0. The largest absolute Gasteiger partial charge is 0.304 e. The lowest BCUT2D eigenvalue weighted by Crippen LogP contribution is -2.32. The van der Waals surface area contributed by atoms with E-state index in [0.717, 1.165) is 17.9 Å². The Morgan fingerprint density at radius 3 is 3.00 bits per heavy atom. The average molecular weight is 264 g/mol. The van der Waals surface area contributed by atoms with E-state index >= 15 is 0 Å². The van der Waals surface area contributed by atoms with Crippen LogP contribution in [-0.4, -0.2) is 26.7 Å². The molecule has 94 valence electrons. The lowest BCUT2D eigenvalue weighted by atomic mass is 10.1. The molecule has 2 N–H and O–H groups in total. The Balaban J connectivity index is 1.67. The maximum atomic E-state index is 6.01. The summed E-state index contributed by atoms with van der Waals surface area (Å²) in [7, 11) is 0. The molecule has 0 radical (unpaired) electrons. The minimum Gasteiger partial charge on any atom is -0.304 e. The SMILES string of the molecule is CC(NC1Cc2ccc(Cl)cc2C1)c1nn[nH]n1. The van der Waals surface area contributed by atoms with Crippen LogP contribution in [0.25, 0.3) is 0 Å². The number of fused-ring (bicyclic) bond motifs is 1. The Morgan fingerprint density at radius 2 is 2.22 bits per heavy atom. The molecule has 1 aliphatic rings. The number of aromatic nitrogens is 4. The number of aromatic amines is 1. The van der Waals surface area contributed by atoms with E-state index in [0.29, 0.717) is 11.9 Å². The van der Waals surface area contributed by atoms with E-state index in [1.54, 1.807) is 0 Å². The smallest absolute Gasteiger partial charge is 0.191 e. The van der Waals surface area contributed by atoms with Gasteiger partial charge in [-0.3, -0.25) is 0 Å². The van der Waals surface area contributed by atoms with Crippen LogP contribution in [0.1, 0.15) is 29.9 Å². The number of halogens is 1. The second-order valence-electron chi connectivity index (χ2n) is 4.68. The van der Waals surface area contributed by atoms with Gasteiger partial charge in [-0.15, -0.1) is 10.2 Å². The van der Waals surface area contributed by atoms with E-state index in [-0.39, 0.29) is 6.04 Å². The predicted molar refractivity (Wildman–Crippen MR) is 68.4 cm³/mol. The maximum Gasteiger partial charge on any atom is 0.191 e. The number of hydrogen-bond acceptors (Lipinski definition) is 4. The summed E-state index contributed by atoms with van der Waals surface area (Å²) < 4.78 is 0.